The van der Waals surface area contributed by atoms with E-state index in [1.54, 1.807) is 18.2 Å². The monoisotopic (exact) mass is 245 g/mol. The molecule has 0 aliphatic rings. The average Bonchev–Trinajstić information content (AvgIpc) is 2.37. The van der Waals surface area contributed by atoms with Gasteiger partial charge in [0, 0.05) is 11.3 Å². The molecule has 2 aromatic carbocycles. The molecule has 0 heterocycles. The maximum Gasteiger partial charge on any atom is 0.125 e. The Morgan fingerprint density at radius 2 is 1.94 bits per heavy atom. The van der Waals surface area contributed by atoms with Crippen LogP contribution in [0, 0.1) is 5.82 Å². The van der Waals surface area contributed by atoms with Crippen molar-refractivity contribution in [3.05, 3.63) is 59.9 Å². The molecule has 1 atom stereocenters. The predicted octanol–water partition coefficient (Wildman–Crippen LogP) is 4.09. The van der Waals surface area contributed by atoms with Crippen LogP contribution >= 0.6 is 0 Å². The maximum atomic E-state index is 13.1. The average molecular weight is 245 g/mol. The highest BCUT2D eigenvalue weighted by atomic mass is 19.1. The highest BCUT2D eigenvalue weighted by Gasteiger charge is 2.12. The second-order valence-electron chi connectivity index (χ2n) is 4.17. The number of benzene rings is 2. The third-order valence-corrected chi connectivity index (χ3v) is 2.89. The van der Waals surface area contributed by atoms with Gasteiger partial charge in [0.1, 0.15) is 11.6 Å². The van der Waals surface area contributed by atoms with Crippen LogP contribution in [0.5, 0.6) is 5.75 Å². The molecule has 0 bridgehead atoms. The second kappa shape index (κ2) is 5.54. The van der Waals surface area contributed by atoms with Crippen molar-refractivity contribution >= 4 is 5.69 Å². The fraction of sp³-hybridized carbons (Fsp3) is 0.200. The lowest BCUT2D eigenvalue weighted by atomic mass is 10.0. The molecule has 2 nitrogen and oxygen atoms in total. The van der Waals surface area contributed by atoms with Crippen molar-refractivity contribution in [2.24, 2.45) is 0 Å². The van der Waals surface area contributed by atoms with Gasteiger partial charge in [-0.1, -0.05) is 31.2 Å². The summed E-state index contributed by atoms with van der Waals surface area (Å²) < 4.78 is 13.1. The zero-order valence-electron chi connectivity index (χ0n) is 10.2. The summed E-state index contributed by atoms with van der Waals surface area (Å²) in [6, 6.07) is 13.5. The first-order chi connectivity index (χ1) is 8.70. The van der Waals surface area contributed by atoms with E-state index in [1.165, 1.54) is 12.1 Å². The van der Waals surface area contributed by atoms with E-state index in [0.717, 1.165) is 12.0 Å². The van der Waals surface area contributed by atoms with E-state index in [4.69, 9.17) is 0 Å². The van der Waals surface area contributed by atoms with Gasteiger partial charge < -0.3 is 10.4 Å². The van der Waals surface area contributed by atoms with Crippen LogP contribution < -0.4 is 5.32 Å². The Labute approximate surface area is 106 Å². The largest absolute Gasteiger partial charge is 0.508 e. The standard InChI is InChI=1S/C15H16FNO/c1-2-14(13-8-3-4-9-15(13)18)17-12-7-5-6-11(16)10-12/h3-10,14,17-18H,2H2,1H3. The lowest BCUT2D eigenvalue weighted by Gasteiger charge is -2.19. The molecule has 0 spiro atoms. The van der Waals surface area contributed by atoms with E-state index in [2.05, 4.69) is 5.32 Å². The number of para-hydroxylation sites is 1. The lowest BCUT2D eigenvalue weighted by Crippen LogP contribution is -2.09. The summed E-state index contributed by atoms with van der Waals surface area (Å²) in [5.41, 5.74) is 1.54. The van der Waals surface area contributed by atoms with Crippen LogP contribution in [0.4, 0.5) is 10.1 Å². The zero-order chi connectivity index (χ0) is 13.0. The Bertz CT molecular complexity index is 527. The summed E-state index contributed by atoms with van der Waals surface area (Å²) >= 11 is 0. The third kappa shape index (κ3) is 2.80. The number of halogens is 1. The quantitative estimate of drug-likeness (QED) is 0.850. The topological polar surface area (TPSA) is 32.3 Å². The fourth-order valence-electron chi connectivity index (χ4n) is 1.96. The van der Waals surface area contributed by atoms with Gasteiger partial charge in [0.05, 0.1) is 6.04 Å². The van der Waals surface area contributed by atoms with E-state index >= 15 is 0 Å². The van der Waals surface area contributed by atoms with Crippen molar-refractivity contribution in [3.63, 3.8) is 0 Å². The van der Waals surface area contributed by atoms with Gasteiger partial charge in [-0.05, 0) is 30.7 Å². The summed E-state index contributed by atoms with van der Waals surface area (Å²) in [6.45, 7) is 2.02. The summed E-state index contributed by atoms with van der Waals surface area (Å²) in [7, 11) is 0. The fourth-order valence-corrected chi connectivity index (χ4v) is 1.96. The highest BCUT2D eigenvalue weighted by molar-refractivity contribution is 5.47. The van der Waals surface area contributed by atoms with Crippen LogP contribution in [-0.2, 0) is 0 Å². The number of aromatic hydroxyl groups is 1. The van der Waals surface area contributed by atoms with Crippen molar-refractivity contribution in [2.45, 2.75) is 19.4 Å². The van der Waals surface area contributed by atoms with Crippen molar-refractivity contribution in [1.29, 1.82) is 0 Å². The Morgan fingerprint density at radius 3 is 2.61 bits per heavy atom. The molecule has 2 N–H and O–H groups in total. The van der Waals surface area contributed by atoms with Gasteiger partial charge in [0.15, 0.2) is 0 Å². The number of phenolic OH excluding ortho intramolecular Hbond substituents is 1. The molecule has 1 unspecified atom stereocenters. The molecule has 18 heavy (non-hydrogen) atoms. The normalized spacial score (nSPS) is 12.1. The van der Waals surface area contributed by atoms with Gasteiger partial charge in [-0.2, -0.15) is 0 Å². The molecule has 94 valence electrons. The Morgan fingerprint density at radius 1 is 1.17 bits per heavy atom. The molecule has 0 saturated carbocycles. The molecular weight excluding hydrogens is 229 g/mol. The van der Waals surface area contributed by atoms with Gasteiger partial charge in [-0.3, -0.25) is 0 Å². The first kappa shape index (κ1) is 12.4. The minimum atomic E-state index is -0.271. The second-order valence-corrected chi connectivity index (χ2v) is 4.17. The van der Waals surface area contributed by atoms with E-state index in [9.17, 15) is 9.50 Å². The van der Waals surface area contributed by atoms with Gasteiger partial charge >= 0.3 is 0 Å². The summed E-state index contributed by atoms with van der Waals surface area (Å²) in [5.74, 6) is -0.0135. The van der Waals surface area contributed by atoms with E-state index in [-0.39, 0.29) is 17.6 Å². The molecule has 0 aromatic heterocycles. The van der Waals surface area contributed by atoms with Crippen LogP contribution in [0.15, 0.2) is 48.5 Å². The number of rotatable bonds is 4. The van der Waals surface area contributed by atoms with Crippen molar-refractivity contribution < 1.29 is 9.50 Å². The van der Waals surface area contributed by atoms with Crippen molar-refractivity contribution in [1.82, 2.24) is 0 Å². The van der Waals surface area contributed by atoms with Gasteiger partial charge in [-0.25, -0.2) is 4.39 Å². The first-order valence-electron chi connectivity index (χ1n) is 6.00. The molecule has 2 rings (SSSR count). The third-order valence-electron chi connectivity index (χ3n) is 2.89. The van der Waals surface area contributed by atoms with E-state index in [0.29, 0.717) is 5.69 Å². The molecule has 0 amide bonds. The minimum Gasteiger partial charge on any atom is -0.508 e. The Kier molecular flexibility index (Phi) is 3.82. The SMILES string of the molecule is CCC(Nc1cccc(F)c1)c1ccccc1O. The molecule has 0 fully saturated rings. The first-order valence-corrected chi connectivity index (χ1v) is 6.00. The molecule has 0 aliphatic heterocycles. The van der Waals surface area contributed by atoms with E-state index in [1.807, 2.05) is 25.1 Å². The maximum absolute atomic E-state index is 13.1. The summed E-state index contributed by atoms with van der Waals surface area (Å²) in [4.78, 5) is 0. The molecule has 0 aliphatic carbocycles. The number of hydrogen-bond donors (Lipinski definition) is 2. The number of nitrogens with one attached hydrogen (secondary N) is 1. The van der Waals surface area contributed by atoms with Crippen LogP contribution in [0.3, 0.4) is 0 Å². The van der Waals surface area contributed by atoms with Crippen LogP contribution in [-0.4, -0.2) is 5.11 Å². The Balaban J connectivity index is 2.23. The van der Waals surface area contributed by atoms with Crippen molar-refractivity contribution in [3.8, 4) is 5.75 Å². The smallest absolute Gasteiger partial charge is 0.125 e. The zero-order valence-corrected chi connectivity index (χ0v) is 10.2. The molecule has 2 aromatic rings. The summed E-state index contributed by atoms with van der Waals surface area (Å²) in [5, 5.41) is 13.1. The molecular formula is C15H16FNO. The highest BCUT2D eigenvalue weighted by Crippen LogP contribution is 2.29. The van der Waals surface area contributed by atoms with Crippen molar-refractivity contribution in [2.75, 3.05) is 5.32 Å². The van der Waals surface area contributed by atoms with Gasteiger partial charge in [0.25, 0.3) is 0 Å². The Hall–Kier alpha value is -2.03. The lowest BCUT2D eigenvalue weighted by molar-refractivity contribution is 0.463. The van der Waals surface area contributed by atoms with Gasteiger partial charge in [0.2, 0.25) is 0 Å². The molecule has 3 heteroatoms. The van der Waals surface area contributed by atoms with Crippen LogP contribution in [0.1, 0.15) is 24.9 Å². The van der Waals surface area contributed by atoms with Crippen LogP contribution in [0.2, 0.25) is 0 Å². The number of hydrogen-bond acceptors (Lipinski definition) is 2. The summed E-state index contributed by atoms with van der Waals surface area (Å²) in [6.07, 6.45) is 0.800. The molecule has 0 radical (unpaired) electrons. The van der Waals surface area contributed by atoms with Gasteiger partial charge in [-0.15, -0.1) is 0 Å². The van der Waals surface area contributed by atoms with E-state index < -0.39 is 0 Å². The number of phenols is 1. The van der Waals surface area contributed by atoms with Crippen LogP contribution in [0.25, 0.3) is 0 Å². The minimum absolute atomic E-state index is 0.0343. The number of anilines is 1. The predicted molar refractivity (Wildman–Crippen MR) is 71.2 cm³/mol. The molecule has 0 saturated heterocycles.